The van der Waals surface area contributed by atoms with E-state index in [2.05, 4.69) is 0 Å². The number of piperazine rings is 1. The van der Waals surface area contributed by atoms with Crippen molar-refractivity contribution in [3.8, 4) is 0 Å². The lowest BCUT2D eigenvalue weighted by molar-refractivity contribution is -0.186. The number of urea groups is 1. The summed E-state index contributed by atoms with van der Waals surface area (Å²) in [5.74, 6) is -1.83. The van der Waals surface area contributed by atoms with Gasteiger partial charge < -0.3 is 14.7 Å². The Bertz CT molecular complexity index is 335. The van der Waals surface area contributed by atoms with Gasteiger partial charge in [-0.2, -0.15) is 13.2 Å². The van der Waals surface area contributed by atoms with E-state index in [4.69, 9.17) is 0 Å². The van der Waals surface area contributed by atoms with E-state index in [9.17, 15) is 22.8 Å². The van der Waals surface area contributed by atoms with E-state index in [1.54, 1.807) is 4.90 Å². The van der Waals surface area contributed by atoms with Crippen molar-refractivity contribution in [2.75, 3.05) is 39.3 Å². The van der Waals surface area contributed by atoms with Gasteiger partial charge in [-0.25, -0.2) is 4.79 Å². The van der Waals surface area contributed by atoms with Crippen molar-refractivity contribution in [1.29, 1.82) is 0 Å². The second kappa shape index (κ2) is 6.12. The first-order valence-corrected chi connectivity index (χ1v) is 6.21. The van der Waals surface area contributed by atoms with Crippen LogP contribution in [0.15, 0.2) is 0 Å². The molecule has 1 aliphatic heterocycles. The van der Waals surface area contributed by atoms with Gasteiger partial charge >= 0.3 is 18.1 Å². The van der Waals surface area contributed by atoms with Crippen molar-refractivity contribution in [3.05, 3.63) is 0 Å². The smallest absolute Gasteiger partial charge is 0.331 e. The summed E-state index contributed by atoms with van der Waals surface area (Å²) in [6.45, 7) is 4.90. The molecule has 5 nitrogen and oxygen atoms in total. The van der Waals surface area contributed by atoms with Crippen molar-refractivity contribution >= 4 is 11.9 Å². The molecule has 0 spiro atoms. The Morgan fingerprint density at radius 2 is 1.42 bits per heavy atom. The fourth-order valence-corrected chi connectivity index (χ4v) is 1.97. The van der Waals surface area contributed by atoms with Gasteiger partial charge in [0.1, 0.15) is 0 Å². The number of nitrogens with zero attached hydrogens (tertiary/aromatic N) is 3. The first-order chi connectivity index (χ1) is 8.81. The highest BCUT2D eigenvalue weighted by molar-refractivity contribution is 5.82. The molecule has 1 heterocycles. The minimum Gasteiger partial charge on any atom is -0.331 e. The maximum Gasteiger partial charge on any atom is 0.471 e. The first-order valence-electron chi connectivity index (χ1n) is 6.21. The zero-order valence-corrected chi connectivity index (χ0v) is 11.0. The van der Waals surface area contributed by atoms with Gasteiger partial charge in [0.15, 0.2) is 0 Å². The lowest BCUT2D eigenvalue weighted by Gasteiger charge is -2.37. The molecule has 0 radical (unpaired) electrons. The number of halogens is 3. The van der Waals surface area contributed by atoms with Crippen LogP contribution in [0.5, 0.6) is 0 Å². The predicted molar refractivity (Wildman–Crippen MR) is 62.5 cm³/mol. The Balaban J connectivity index is 2.54. The maximum atomic E-state index is 12.2. The van der Waals surface area contributed by atoms with Crippen LogP contribution in [-0.2, 0) is 4.79 Å². The number of hydrogen-bond acceptors (Lipinski definition) is 2. The molecule has 0 aromatic carbocycles. The van der Waals surface area contributed by atoms with Crippen molar-refractivity contribution < 1.29 is 22.8 Å². The highest BCUT2D eigenvalue weighted by atomic mass is 19.4. The lowest BCUT2D eigenvalue weighted by Crippen LogP contribution is -2.56. The highest BCUT2D eigenvalue weighted by Gasteiger charge is 2.43. The summed E-state index contributed by atoms with van der Waals surface area (Å²) in [5.41, 5.74) is 0. The van der Waals surface area contributed by atoms with E-state index >= 15 is 0 Å². The number of rotatable bonds is 2. The fraction of sp³-hybridized carbons (Fsp3) is 0.818. The summed E-state index contributed by atoms with van der Waals surface area (Å²) >= 11 is 0. The van der Waals surface area contributed by atoms with Crippen LogP contribution in [0.25, 0.3) is 0 Å². The van der Waals surface area contributed by atoms with Gasteiger partial charge in [-0.15, -0.1) is 0 Å². The molecular weight excluding hydrogens is 263 g/mol. The van der Waals surface area contributed by atoms with Gasteiger partial charge in [0.25, 0.3) is 0 Å². The molecule has 110 valence electrons. The van der Waals surface area contributed by atoms with Gasteiger partial charge in [0, 0.05) is 39.3 Å². The molecule has 8 heteroatoms. The Labute approximate surface area is 109 Å². The Morgan fingerprint density at radius 1 is 1.00 bits per heavy atom. The van der Waals surface area contributed by atoms with Crippen LogP contribution in [0.1, 0.15) is 13.8 Å². The molecule has 0 atom stereocenters. The third-order valence-electron chi connectivity index (χ3n) is 3.11. The third-order valence-corrected chi connectivity index (χ3v) is 3.11. The predicted octanol–water partition coefficient (Wildman–Crippen LogP) is 1.15. The summed E-state index contributed by atoms with van der Waals surface area (Å²) in [6, 6.07) is -0.191. The van der Waals surface area contributed by atoms with Crippen LogP contribution in [0.4, 0.5) is 18.0 Å². The number of amides is 3. The zero-order chi connectivity index (χ0) is 14.6. The Hall–Kier alpha value is -1.47. The number of alkyl halides is 3. The molecule has 0 aromatic heterocycles. The minimum atomic E-state index is -4.84. The van der Waals surface area contributed by atoms with E-state index in [1.165, 1.54) is 4.90 Å². The van der Waals surface area contributed by atoms with Crippen molar-refractivity contribution in [2.45, 2.75) is 20.0 Å². The van der Waals surface area contributed by atoms with Crippen LogP contribution in [0.2, 0.25) is 0 Å². The van der Waals surface area contributed by atoms with Crippen LogP contribution in [0, 0.1) is 0 Å². The normalized spacial score (nSPS) is 16.5. The van der Waals surface area contributed by atoms with Crippen molar-refractivity contribution in [2.24, 2.45) is 0 Å². The minimum absolute atomic E-state index is 0.0780. The third kappa shape index (κ3) is 3.74. The summed E-state index contributed by atoms with van der Waals surface area (Å²) in [6.07, 6.45) is -4.84. The van der Waals surface area contributed by atoms with Crippen LogP contribution in [-0.4, -0.2) is 72.1 Å². The van der Waals surface area contributed by atoms with Crippen molar-refractivity contribution in [3.63, 3.8) is 0 Å². The molecule has 0 unspecified atom stereocenters. The number of carbonyl (C=O) groups excluding carboxylic acids is 2. The molecule has 0 N–H and O–H groups in total. The molecule has 1 rings (SSSR count). The van der Waals surface area contributed by atoms with Gasteiger partial charge in [0.05, 0.1) is 0 Å². The average molecular weight is 281 g/mol. The van der Waals surface area contributed by atoms with E-state index in [0.29, 0.717) is 13.1 Å². The van der Waals surface area contributed by atoms with Crippen LogP contribution >= 0.6 is 0 Å². The van der Waals surface area contributed by atoms with Gasteiger partial charge in [-0.1, -0.05) is 0 Å². The largest absolute Gasteiger partial charge is 0.471 e. The zero-order valence-electron chi connectivity index (χ0n) is 11.0. The second-order valence-electron chi connectivity index (χ2n) is 4.23. The summed E-state index contributed by atoms with van der Waals surface area (Å²) < 4.78 is 36.7. The summed E-state index contributed by atoms with van der Waals surface area (Å²) in [7, 11) is 0. The molecule has 1 fully saturated rings. The molecule has 19 heavy (non-hydrogen) atoms. The Kier molecular flexibility index (Phi) is 5.02. The number of carbonyl (C=O) groups is 2. The molecule has 1 aliphatic rings. The molecule has 3 amide bonds. The summed E-state index contributed by atoms with van der Waals surface area (Å²) in [5, 5.41) is 0. The lowest BCUT2D eigenvalue weighted by atomic mass is 10.3. The van der Waals surface area contributed by atoms with E-state index in [0.717, 1.165) is 4.90 Å². The highest BCUT2D eigenvalue weighted by Crippen LogP contribution is 2.19. The van der Waals surface area contributed by atoms with Crippen LogP contribution < -0.4 is 0 Å². The average Bonchev–Trinajstić information content (AvgIpc) is 2.38. The molecule has 0 bridgehead atoms. The molecule has 1 saturated heterocycles. The topological polar surface area (TPSA) is 43.9 Å². The monoisotopic (exact) mass is 281 g/mol. The molecular formula is C11H18F3N3O2. The van der Waals surface area contributed by atoms with Gasteiger partial charge in [-0.3, -0.25) is 4.79 Å². The first kappa shape index (κ1) is 15.6. The fourth-order valence-electron chi connectivity index (χ4n) is 1.97. The Morgan fingerprint density at radius 3 is 1.79 bits per heavy atom. The maximum absolute atomic E-state index is 12.2. The molecule has 0 aliphatic carbocycles. The second-order valence-corrected chi connectivity index (χ2v) is 4.23. The van der Waals surface area contributed by atoms with E-state index < -0.39 is 12.1 Å². The van der Waals surface area contributed by atoms with Crippen molar-refractivity contribution in [1.82, 2.24) is 14.7 Å². The number of hydrogen-bond donors (Lipinski definition) is 0. The standard InChI is InChI=1S/C11H18F3N3O2/c1-3-15(4-2)10(19)17-7-5-16(6-8-17)9(18)11(12,13)14/h3-8H2,1-2H3. The van der Waals surface area contributed by atoms with Gasteiger partial charge in [0.2, 0.25) is 0 Å². The van der Waals surface area contributed by atoms with Crippen LogP contribution in [0.3, 0.4) is 0 Å². The van der Waals surface area contributed by atoms with E-state index in [-0.39, 0.29) is 32.2 Å². The van der Waals surface area contributed by atoms with E-state index in [1.807, 2.05) is 13.8 Å². The SMILES string of the molecule is CCN(CC)C(=O)N1CCN(C(=O)C(F)(F)F)CC1. The molecule has 0 saturated carbocycles. The summed E-state index contributed by atoms with van der Waals surface area (Å²) in [4.78, 5) is 26.8. The molecule has 0 aromatic rings. The quantitative estimate of drug-likeness (QED) is 0.762. The van der Waals surface area contributed by atoms with Gasteiger partial charge in [-0.05, 0) is 13.8 Å².